The number of sulfone groups is 1. The predicted molar refractivity (Wildman–Crippen MR) is 89.5 cm³/mol. The van der Waals surface area contributed by atoms with Crippen LogP contribution in [0.5, 0.6) is 0 Å². The zero-order valence-electron chi connectivity index (χ0n) is 13.2. The first kappa shape index (κ1) is 17.7. The van der Waals surface area contributed by atoms with Gasteiger partial charge in [-0.05, 0) is 43.3 Å². The summed E-state index contributed by atoms with van der Waals surface area (Å²) in [4.78, 5) is 24.1. The van der Waals surface area contributed by atoms with Crippen LogP contribution in [0.3, 0.4) is 0 Å². The summed E-state index contributed by atoms with van der Waals surface area (Å²) in [6.45, 7) is 1.46. The summed E-state index contributed by atoms with van der Waals surface area (Å²) >= 11 is 0. The number of ether oxygens (including phenoxy) is 1. The Kier molecular flexibility index (Phi) is 5.35. The van der Waals surface area contributed by atoms with Crippen LogP contribution in [0.4, 0.5) is 5.69 Å². The Morgan fingerprint density at radius 3 is 2.12 bits per heavy atom. The van der Waals surface area contributed by atoms with Crippen LogP contribution < -0.4 is 5.32 Å². The number of para-hydroxylation sites is 1. The molecule has 0 heterocycles. The van der Waals surface area contributed by atoms with Crippen LogP contribution >= 0.6 is 0 Å². The van der Waals surface area contributed by atoms with E-state index in [9.17, 15) is 18.0 Å². The molecule has 1 N–H and O–H groups in total. The lowest BCUT2D eigenvalue weighted by Crippen LogP contribution is -2.30. The van der Waals surface area contributed by atoms with Crippen molar-refractivity contribution >= 4 is 27.4 Å². The van der Waals surface area contributed by atoms with Gasteiger partial charge in [-0.1, -0.05) is 18.2 Å². The Morgan fingerprint density at radius 2 is 1.58 bits per heavy atom. The van der Waals surface area contributed by atoms with Gasteiger partial charge in [0.1, 0.15) is 0 Å². The molecule has 0 aromatic heterocycles. The van der Waals surface area contributed by atoms with Crippen molar-refractivity contribution in [1.29, 1.82) is 0 Å². The quantitative estimate of drug-likeness (QED) is 0.838. The van der Waals surface area contributed by atoms with Crippen molar-refractivity contribution in [3.63, 3.8) is 0 Å². The normalized spacial score (nSPS) is 12.2. The second-order valence-electron chi connectivity index (χ2n) is 5.20. The maximum Gasteiger partial charge on any atom is 0.338 e. The van der Waals surface area contributed by atoms with E-state index in [-0.39, 0.29) is 10.5 Å². The summed E-state index contributed by atoms with van der Waals surface area (Å²) in [7, 11) is -3.33. The fraction of sp³-hybridized carbons (Fsp3) is 0.176. The van der Waals surface area contributed by atoms with Crippen molar-refractivity contribution in [3.05, 3.63) is 60.2 Å². The molecule has 0 bridgehead atoms. The average Bonchev–Trinajstić information content (AvgIpc) is 2.55. The monoisotopic (exact) mass is 347 g/mol. The van der Waals surface area contributed by atoms with E-state index in [1.54, 1.807) is 24.3 Å². The van der Waals surface area contributed by atoms with Crippen molar-refractivity contribution in [1.82, 2.24) is 0 Å². The van der Waals surface area contributed by atoms with E-state index in [0.717, 1.165) is 6.26 Å². The first-order chi connectivity index (χ1) is 11.3. The summed E-state index contributed by atoms with van der Waals surface area (Å²) in [5.74, 6) is -1.16. The number of carbonyl (C=O) groups is 2. The number of nitrogens with one attached hydrogen (secondary N) is 1. The molecule has 126 valence electrons. The lowest BCUT2D eigenvalue weighted by atomic mass is 10.2. The summed E-state index contributed by atoms with van der Waals surface area (Å²) < 4.78 is 27.9. The number of hydrogen-bond donors (Lipinski definition) is 1. The van der Waals surface area contributed by atoms with E-state index in [1.165, 1.54) is 31.2 Å². The number of hydrogen-bond acceptors (Lipinski definition) is 5. The minimum absolute atomic E-state index is 0.105. The van der Waals surface area contributed by atoms with Crippen LogP contribution in [0.1, 0.15) is 17.3 Å². The highest BCUT2D eigenvalue weighted by Crippen LogP contribution is 2.12. The Hall–Kier alpha value is -2.67. The van der Waals surface area contributed by atoms with E-state index in [1.807, 2.05) is 6.07 Å². The Labute approximate surface area is 140 Å². The smallest absolute Gasteiger partial charge is 0.338 e. The highest BCUT2D eigenvalue weighted by atomic mass is 32.2. The van der Waals surface area contributed by atoms with Crippen LogP contribution in [0.25, 0.3) is 0 Å². The van der Waals surface area contributed by atoms with Crippen LogP contribution in [0, 0.1) is 0 Å². The molecular weight excluding hydrogens is 330 g/mol. The maximum atomic E-state index is 12.0. The minimum Gasteiger partial charge on any atom is -0.449 e. The highest BCUT2D eigenvalue weighted by molar-refractivity contribution is 7.90. The molecule has 0 spiro atoms. The van der Waals surface area contributed by atoms with E-state index in [0.29, 0.717) is 5.69 Å². The molecule has 6 nitrogen and oxygen atoms in total. The number of benzene rings is 2. The van der Waals surface area contributed by atoms with Crippen molar-refractivity contribution < 1.29 is 22.7 Å². The van der Waals surface area contributed by atoms with Gasteiger partial charge in [0.25, 0.3) is 5.91 Å². The molecule has 2 aromatic carbocycles. The van der Waals surface area contributed by atoms with Gasteiger partial charge in [0, 0.05) is 11.9 Å². The maximum absolute atomic E-state index is 12.0. The van der Waals surface area contributed by atoms with Gasteiger partial charge in [0.05, 0.1) is 10.5 Å². The molecule has 0 fully saturated rings. The fourth-order valence-electron chi connectivity index (χ4n) is 1.89. The van der Waals surface area contributed by atoms with Crippen molar-refractivity contribution in [2.24, 2.45) is 0 Å². The van der Waals surface area contributed by atoms with E-state index >= 15 is 0 Å². The van der Waals surface area contributed by atoms with Crippen LogP contribution in [-0.4, -0.2) is 32.7 Å². The number of anilines is 1. The third-order valence-electron chi connectivity index (χ3n) is 3.21. The van der Waals surface area contributed by atoms with Gasteiger partial charge >= 0.3 is 5.97 Å². The molecule has 2 rings (SSSR count). The SMILES string of the molecule is C[C@@H](OC(=O)c1ccc(S(C)(=O)=O)cc1)C(=O)Nc1ccccc1. The number of esters is 1. The summed E-state index contributed by atoms with van der Waals surface area (Å²) in [5, 5.41) is 2.63. The van der Waals surface area contributed by atoms with Gasteiger partial charge in [-0.25, -0.2) is 13.2 Å². The standard InChI is InChI=1S/C17H17NO5S/c1-12(16(19)18-14-6-4-3-5-7-14)23-17(20)13-8-10-15(11-9-13)24(2,21)22/h3-12H,1-2H3,(H,18,19)/t12-/m1/s1. The van der Waals surface area contributed by atoms with E-state index < -0.39 is 27.8 Å². The Bertz CT molecular complexity index is 829. The highest BCUT2D eigenvalue weighted by Gasteiger charge is 2.19. The zero-order valence-corrected chi connectivity index (χ0v) is 14.0. The first-order valence-electron chi connectivity index (χ1n) is 7.14. The lowest BCUT2D eigenvalue weighted by molar-refractivity contribution is -0.123. The van der Waals surface area contributed by atoms with Gasteiger partial charge in [0.2, 0.25) is 0 Å². The number of carbonyl (C=O) groups excluding carboxylic acids is 2. The second-order valence-corrected chi connectivity index (χ2v) is 7.22. The summed E-state index contributed by atoms with van der Waals surface area (Å²) in [5.41, 5.74) is 0.768. The number of rotatable bonds is 5. The molecule has 0 aliphatic carbocycles. The van der Waals surface area contributed by atoms with Gasteiger partial charge in [-0.3, -0.25) is 4.79 Å². The summed E-state index contributed by atoms with van der Waals surface area (Å²) in [6, 6.07) is 14.1. The van der Waals surface area contributed by atoms with Gasteiger partial charge < -0.3 is 10.1 Å². The van der Waals surface area contributed by atoms with Crippen molar-refractivity contribution in [2.45, 2.75) is 17.9 Å². The van der Waals surface area contributed by atoms with Gasteiger partial charge in [-0.2, -0.15) is 0 Å². The molecule has 7 heteroatoms. The third-order valence-corrected chi connectivity index (χ3v) is 4.34. The van der Waals surface area contributed by atoms with Crippen LogP contribution in [0.2, 0.25) is 0 Å². The molecule has 0 unspecified atom stereocenters. The zero-order chi connectivity index (χ0) is 17.7. The molecule has 24 heavy (non-hydrogen) atoms. The molecule has 0 saturated heterocycles. The molecule has 1 atom stereocenters. The Morgan fingerprint density at radius 1 is 1.00 bits per heavy atom. The van der Waals surface area contributed by atoms with Crippen LogP contribution in [-0.2, 0) is 19.4 Å². The molecule has 0 aliphatic rings. The van der Waals surface area contributed by atoms with Gasteiger partial charge in [0.15, 0.2) is 15.9 Å². The topological polar surface area (TPSA) is 89.5 Å². The predicted octanol–water partition coefficient (Wildman–Crippen LogP) is 2.27. The molecular formula is C17H17NO5S. The molecule has 2 aromatic rings. The fourth-order valence-corrected chi connectivity index (χ4v) is 2.52. The van der Waals surface area contributed by atoms with E-state index in [4.69, 9.17) is 4.74 Å². The van der Waals surface area contributed by atoms with Crippen molar-refractivity contribution in [3.8, 4) is 0 Å². The van der Waals surface area contributed by atoms with Crippen LogP contribution in [0.15, 0.2) is 59.5 Å². The largest absolute Gasteiger partial charge is 0.449 e. The summed E-state index contributed by atoms with van der Waals surface area (Å²) in [6.07, 6.45) is 0.0864. The average molecular weight is 347 g/mol. The molecule has 1 amide bonds. The van der Waals surface area contributed by atoms with Gasteiger partial charge in [-0.15, -0.1) is 0 Å². The first-order valence-corrected chi connectivity index (χ1v) is 9.03. The molecule has 0 radical (unpaired) electrons. The second kappa shape index (κ2) is 7.27. The Balaban J connectivity index is 1.99. The van der Waals surface area contributed by atoms with E-state index in [2.05, 4.69) is 5.32 Å². The molecule has 0 aliphatic heterocycles. The third kappa shape index (κ3) is 4.66. The molecule has 0 saturated carbocycles. The number of amides is 1. The van der Waals surface area contributed by atoms with Crippen molar-refractivity contribution in [2.75, 3.05) is 11.6 Å². The lowest BCUT2D eigenvalue weighted by Gasteiger charge is -2.13. The minimum atomic E-state index is -3.33.